The minimum Gasteiger partial charge on any atom is -0.444 e. The number of ether oxygens (including phenoxy) is 1. The largest absolute Gasteiger partial charge is 0.444 e. The summed E-state index contributed by atoms with van der Waals surface area (Å²) in [7, 11) is -3.78. The van der Waals surface area contributed by atoms with Crippen LogP contribution < -0.4 is 13.6 Å². The van der Waals surface area contributed by atoms with Crippen molar-refractivity contribution in [2.24, 2.45) is 0 Å². The van der Waals surface area contributed by atoms with Crippen LogP contribution in [0, 0.1) is 0 Å². The Morgan fingerprint density at radius 3 is 2.67 bits per heavy atom. The number of benzene rings is 1. The van der Waals surface area contributed by atoms with Crippen LogP contribution in [0.2, 0.25) is 0 Å². The van der Waals surface area contributed by atoms with Crippen LogP contribution in [-0.2, 0) is 14.8 Å². The third-order valence-corrected chi connectivity index (χ3v) is 5.14. The molecule has 0 saturated carbocycles. The van der Waals surface area contributed by atoms with Gasteiger partial charge in [-0.15, -0.1) is 0 Å². The van der Waals surface area contributed by atoms with Crippen LogP contribution in [-0.4, -0.2) is 31.6 Å². The van der Waals surface area contributed by atoms with E-state index in [0.717, 1.165) is 0 Å². The Balaban J connectivity index is 2.07. The number of anilines is 1. The van der Waals surface area contributed by atoms with Crippen molar-refractivity contribution < 1.29 is 17.9 Å². The van der Waals surface area contributed by atoms with Gasteiger partial charge in [-0.2, -0.15) is 0 Å². The van der Waals surface area contributed by atoms with Gasteiger partial charge >= 0.3 is 6.09 Å². The second-order valence-electron chi connectivity index (χ2n) is 6.51. The van der Waals surface area contributed by atoms with Crippen LogP contribution >= 0.6 is 22.9 Å². The predicted molar refractivity (Wildman–Crippen MR) is 113 cm³/mol. The number of hydrogen-bond donors (Lipinski definition) is 3. The maximum absolute atomic E-state index is 12.6. The smallest absolute Gasteiger partial charge is 0.407 e. The Morgan fingerprint density at radius 1 is 1.26 bits per heavy atom. The summed E-state index contributed by atoms with van der Waals surface area (Å²) in [5.74, 6) is 0.585. The molecule has 0 radical (unpaired) electrons. The first-order valence-corrected chi connectivity index (χ1v) is 10.6. The molecule has 1 heterocycles. The van der Waals surface area contributed by atoms with Gasteiger partial charge in [0.2, 0.25) is 0 Å². The van der Waals surface area contributed by atoms with Gasteiger partial charge in [0.25, 0.3) is 10.0 Å². The number of carbonyl (C=O) groups is 1. The first-order chi connectivity index (χ1) is 12.6. The fourth-order valence-corrected chi connectivity index (χ4v) is 3.76. The molecule has 2 rings (SSSR count). The number of nitrogens with one attached hydrogen (secondary N) is 3. The summed E-state index contributed by atoms with van der Waals surface area (Å²) in [5, 5.41) is 3.76. The summed E-state index contributed by atoms with van der Waals surface area (Å²) in [5.41, 5.74) is -0.593. The van der Waals surface area contributed by atoms with Crippen molar-refractivity contribution in [3.05, 3.63) is 42.7 Å². The Labute approximate surface area is 172 Å². The molecule has 0 bridgehead atoms. The lowest BCUT2D eigenvalue weighted by atomic mass is 10.1. The molecule has 1 aromatic carbocycles. The zero-order valence-corrected chi connectivity index (χ0v) is 18.1. The number of pyridine rings is 1. The molecule has 0 aliphatic heterocycles. The fraction of sp³-hybridized carbons (Fsp3) is 0.294. The van der Waals surface area contributed by atoms with E-state index in [0.29, 0.717) is 16.6 Å². The summed E-state index contributed by atoms with van der Waals surface area (Å²) in [6.07, 6.45) is 3.72. The van der Waals surface area contributed by atoms with Crippen molar-refractivity contribution in [1.82, 2.24) is 15.0 Å². The van der Waals surface area contributed by atoms with Gasteiger partial charge in [0.05, 0.1) is 27.8 Å². The lowest BCUT2D eigenvalue weighted by Gasteiger charge is -2.19. The molecule has 27 heavy (non-hydrogen) atoms. The van der Waals surface area contributed by atoms with E-state index in [2.05, 4.69) is 18.6 Å². The quantitative estimate of drug-likeness (QED) is 0.412. The molecular formula is C17H21IN4O4S. The van der Waals surface area contributed by atoms with Crippen LogP contribution in [0.15, 0.2) is 47.6 Å². The van der Waals surface area contributed by atoms with Crippen LogP contribution in [0.25, 0.3) is 10.8 Å². The van der Waals surface area contributed by atoms with Crippen LogP contribution in [0.3, 0.4) is 0 Å². The normalized spacial score (nSPS) is 12.1. The topological polar surface area (TPSA) is 109 Å². The zero-order chi connectivity index (χ0) is 20.1. The molecule has 8 nitrogen and oxygen atoms in total. The number of sulfonamides is 1. The van der Waals surface area contributed by atoms with Crippen molar-refractivity contribution in [2.45, 2.75) is 31.3 Å². The Kier molecular flexibility index (Phi) is 6.87. The second-order valence-corrected chi connectivity index (χ2v) is 8.73. The lowest BCUT2D eigenvalue weighted by Crippen LogP contribution is -2.32. The molecule has 0 aliphatic carbocycles. The third kappa shape index (κ3) is 5.96. The maximum Gasteiger partial charge on any atom is 0.407 e. The van der Waals surface area contributed by atoms with E-state index < -0.39 is 21.7 Å². The average Bonchev–Trinajstić information content (AvgIpc) is 2.58. The summed E-state index contributed by atoms with van der Waals surface area (Å²) in [4.78, 5) is 15.8. The van der Waals surface area contributed by atoms with E-state index in [1.54, 1.807) is 45.2 Å². The minimum atomic E-state index is -3.78. The highest BCUT2D eigenvalue weighted by molar-refractivity contribution is 14.1. The first-order valence-electron chi connectivity index (χ1n) is 8.02. The number of nitrogens with zero attached hydrogens (tertiary/aromatic N) is 1. The third-order valence-electron chi connectivity index (χ3n) is 3.25. The lowest BCUT2D eigenvalue weighted by molar-refractivity contribution is 0.0534. The summed E-state index contributed by atoms with van der Waals surface area (Å²) >= 11 is 1.95. The van der Waals surface area contributed by atoms with Gasteiger partial charge < -0.3 is 13.6 Å². The van der Waals surface area contributed by atoms with Gasteiger partial charge in [0.1, 0.15) is 11.4 Å². The van der Waals surface area contributed by atoms with E-state index in [-0.39, 0.29) is 11.4 Å². The van der Waals surface area contributed by atoms with E-state index in [1.807, 2.05) is 22.9 Å². The van der Waals surface area contributed by atoms with Gasteiger partial charge in [0, 0.05) is 29.7 Å². The van der Waals surface area contributed by atoms with Gasteiger partial charge in [-0.25, -0.2) is 18.2 Å². The number of rotatable bonds is 6. The van der Waals surface area contributed by atoms with Crippen molar-refractivity contribution >= 4 is 55.6 Å². The standard InChI is InChI=1S/C17H21IN4O4S/c1-17(2,3)26-16(23)20-9-5-10-21-27(24,25)14-7-4-6-13-12(14)8-11-19-15(13)22-18/h4-8,10-11,21H,9H2,1-3H3,(H,19,22)(H,20,23). The summed E-state index contributed by atoms with van der Waals surface area (Å²) in [6.45, 7) is 5.40. The molecule has 146 valence electrons. The average molecular weight is 504 g/mol. The zero-order valence-electron chi connectivity index (χ0n) is 15.1. The molecule has 3 N–H and O–H groups in total. The van der Waals surface area contributed by atoms with Crippen molar-refractivity contribution in [3.8, 4) is 0 Å². The van der Waals surface area contributed by atoms with Crippen molar-refractivity contribution in [3.63, 3.8) is 0 Å². The fourth-order valence-electron chi connectivity index (χ4n) is 2.20. The molecule has 1 amide bonds. The molecule has 0 atom stereocenters. The van der Waals surface area contributed by atoms with Gasteiger partial charge in [-0.1, -0.05) is 12.1 Å². The second kappa shape index (κ2) is 8.74. The Bertz CT molecular complexity index is 955. The highest BCUT2D eigenvalue weighted by Gasteiger charge is 2.17. The molecule has 0 fully saturated rings. The monoisotopic (exact) mass is 504 g/mol. The van der Waals surface area contributed by atoms with E-state index >= 15 is 0 Å². The van der Waals surface area contributed by atoms with Crippen LogP contribution in [0.4, 0.5) is 10.6 Å². The molecule has 0 spiro atoms. The van der Waals surface area contributed by atoms with E-state index in [4.69, 9.17) is 4.74 Å². The van der Waals surface area contributed by atoms with E-state index in [9.17, 15) is 13.2 Å². The highest BCUT2D eigenvalue weighted by atomic mass is 127. The number of hydrogen-bond acceptors (Lipinski definition) is 6. The van der Waals surface area contributed by atoms with Gasteiger partial charge in [-0.3, -0.25) is 4.72 Å². The number of aromatic nitrogens is 1. The molecule has 2 aromatic rings. The predicted octanol–water partition coefficient (Wildman–Crippen LogP) is 3.31. The molecule has 10 heteroatoms. The van der Waals surface area contributed by atoms with Gasteiger partial charge in [0.15, 0.2) is 0 Å². The number of amides is 1. The number of carbonyl (C=O) groups excluding carboxylic acids is 1. The van der Waals surface area contributed by atoms with Crippen molar-refractivity contribution in [1.29, 1.82) is 0 Å². The molecule has 0 unspecified atom stereocenters. The molecule has 0 aliphatic rings. The summed E-state index contributed by atoms with van der Waals surface area (Å²) < 4.78 is 35.6. The summed E-state index contributed by atoms with van der Waals surface area (Å²) in [6, 6.07) is 6.62. The highest BCUT2D eigenvalue weighted by Crippen LogP contribution is 2.27. The number of fused-ring (bicyclic) bond motifs is 1. The van der Waals surface area contributed by atoms with Crippen LogP contribution in [0.5, 0.6) is 0 Å². The Hall–Kier alpha value is -2.08. The van der Waals surface area contributed by atoms with Gasteiger partial charge in [-0.05, 0) is 39.0 Å². The van der Waals surface area contributed by atoms with E-state index in [1.165, 1.54) is 18.3 Å². The van der Waals surface area contributed by atoms with Crippen molar-refractivity contribution in [2.75, 3.05) is 10.1 Å². The Morgan fingerprint density at radius 2 is 2.00 bits per heavy atom. The number of alkyl carbamates (subject to hydrolysis) is 1. The minimum absolute atomic E-state index is 0.125. The SMILES string of the molecule is CC(C)(C)OC(=O)NCC=CNS(=O)(=O)c1cccc2c(NI)nccc12. The maximum atomic E-state index is 12.6. The molecule has 1 aromatic heterocycles. The molecular weight excluding hydrogens is 483 g/mol. The number of halogens is 1. The molecule has 0 saturated heterocycles. The first kappa shape index (κ1) is 21.2. The van der Waals surface area contributed by atoms with Crippen LogP contribution in [0.1, 0.15) is 20.8 Å².